The maximum absolute atomic E-state index is 12.4. The molecule has 4 rings (SSSR count). The van der Waals surface area contributed by atoms with Crippen LogP contribution >= 0.6 is 0 Å². The number of anilines is 1. The summed E-state index contributed by atoms with van der Waals surface area (Å²) >= 11 is 0. The van der Waals surface area contributed by atoms with Crippen molar-refractivity contribution < 1.29 is 19.0 Å². The molecule has 0 spiro atoms. The highest BCUT2D eigenvalue weighted by Crippen LogP contribution is 2.29. The number of rotatable bonds is 5. The van der Waals surface area contributed by atoms with Gasteiger partial charge in [0.15, 0.2) is 6.10 Å². The van der Waals surface area contributed by atoms with Crippen LogP contribution in [0.1, 0.15) is 17.2 Å². The number of hydrogen-bond donors (Lipinski definition) is 1. The van der Waals surface area contributed by atoms with E-state index < -0.39 is 12.2 Å². The third-order valence-corrected chi connectivity index (χ3v) is 4.75. The molecule has 3 aromatic carbocycles. The van der Waals surface area contributed by atoms with Crippen molar-refractivity contribution in [3.05, 3.63) is 96.1 Å². The molecule has 152 valence electrons. The molecule has 6 nitrogen and oxygen atoms in total. The first-order valence-electron chi connectivity index (χ1n) is 9.65. The number of amides is 1. The van der Waals surface area contributed by atoms with Gasteiger partial charge in [0, 0.05) is 11.3 Å². The number of carbonyl (C=O) groups excluding carboxylic acids is 1. The fourth-order valence-electron chi connectivity index (χ4n) is 3.23. The molecule has 1 aliphatic heterocycles. The molecule has 3 aromatic rings. The zero-order valence-electron chi connectivity index (χ0n) is 16.5. The molecule has 6 heteroatoms. The summed E-state index contributed by atoms with van der Waals surface area (Å²) < 4.78 is 16.7. The monoisotopic (exact) mass is 402 g/mol. The Balaban J connectivity index is 1.56. The van der Waals surface area contributed by atoms with Crippen LogP contribution in [0.15, 0.2) is 89.9 Å². The molecule has 30 heavy (non-hydrogen) atoms. The van der Waals surface area contributed by atoms with Crippen molar-refractivity contribution in [3.63, 3.8) is 0 Å². The summed E-state index contributed by atoms with van der Waals surface area (Å²) in [4.78, 5) is 17.2. The fraction of sp³-hybridized carbons (Fsp3) is 0.167. The van der Waals surface area contributed by atoms with E-state index in [-0.39, 0.29) is 12.6 Å². The summed E-state index contributed by atoms with van der Waals surface area (Å²) in [6, 6.07) is 26.0. The summed E-state index contributed by atoms with van der Waals surface area (Å²) in [6.07, 6.45) is -1.10. The zero-order valence-corrected chi connectivity index (χ0v) is 16.5. The minimum absolute atomic E-state index is 0.201. The van der Waals surface area contributed by atoms with Gasteiger partial charge in [0.05, 0.1) is 7.11 Å². The highest BCUT2D eigenvalue weighted by Gasteiger charge is 2.32. The van der Waals surface area contributed by atoms with Crippen LogP contribution in [-0.2, 0) is 9.47 Å². The van der Waals surface area contributed by atoms with Gasteiger partial charge < -0.3 is 14.2 Å². The van der Waals surface area contributed by atoms with E-state index in [4.69, 9.17) is 19.2 Å². The summed E-state index contributed by atoms with van der Waals surface area (Å²) in [5.41, 5.74) is 2.45. The van der Waals surface area contributed by atoms with Crippen LogP contribution in [0.3, 0.4) is 0 Å². The first-order valence-corrected chi connectivity index (χ1v) is 9.65. The van der Waals surface area contributed by atoms with Gasteiger partial charge in [-0.25, -0.2) is 9.79 Å². The molecular formula is C24H22N2O4. The van der Waals surface area contributed by atoms with Gasteiger partial charge in [0.1, 0.15) is 18.4 Å². The van der Waals surface area contributed by atoms with Gasteiger partial charge in [-0.1, -0.05) is 48.5 Å². The van der Waals surface area contributed by atoms with Crippen LogP contribution in [0.2, 0.25) is 0 Å². The van der Waals surface area contributed by atoms with E-state index in [1.54, 1.807) is 19.2 Å². The first kappa shape index (κ1) is 19.5. The number of hydrogen-bond acceptors (Lipinski definition) is 5. The number of nitrogens with one attached hydrogen (secondary N) is 1. The number of benzene rings is 3. The predicted octanol–water partition coefficient (Wildman–Crippen LogP) is 4.83. The van der Waals surface area contributed by atoms with Crippen LogP contribution in [0.5, 0.6) is 5.75 Å². The van der Waals surface area contributed by atoms with Crippen molar-refractivity contribution in [2.45, 2.75) is 12.1 Å². The molecule has 0 bridgehead atoms. The molecule has 1 heterocycles. The average molecular weight is 402 g/mol. The Kier molecular flexibility index (Phi) is 5.94. The maximum atomic E-state index is 12.4. The highest BCUT2D eigenvalue weighted by molar-refractivity contribution is 5.95. The lowest BCUT2D eigenvalue weighted by Gasteiger charge is -2.30. The lowest BCUT2D eigenvalue weighted by Crippen LogP contribution is -2.36. The molecule has 0 radical (unpaired) electrons. The third-order valence-electron chi connectivity index (χ3n) is 4.75. The standard InChI is InChI=1S/C24H22N2O4/c1-28-20-14-12-18(13-15-20)23-26-22(17-8-4-2-5-9-17)21(16-29-23)30-24(27)25-19-10-6-3-7-11-19/h2-15,21-22H,16H2,1H3,(H,25,27). The van der Waals surface area contributed by atoms with E-state index in [1.807, 2.05) is 72.8 Å². The number of para-hydroxylation sites is 1. The summed E-state index contributed by atoms with van der Waals surface area (Å²) in [5.74, 6) is 1.27. The minimum atomic E-state index is -0.557. The van der Waals surface area contributed by atoms with Gasteiger partial charge in [-0.15, -0.1) is 0 Å². The smallest absolute Gasteiger partial charge is 0.412 e. The van der Waals surface area contributed by atoms with E-state index in [9.17, 15) is 4.79 Å². The topological polar surface area (TPSA) is 69.2 Å². The van der Waals surface area contributed by atoms with Crippen LogP contribution in [-0.4, -0.2) is 31.8 Å². The van der Waals surface area contributed by atoms with Gasteiger partial charge in [-0.05, 0) is 42.0 Å². The average Bonchev–Trinajstić information content (AvgIpc) is 2.80. The molecule has 0 saturated heterocycles. The second kappa shape index (κ2) is 9.13. The lowest BCUT2D eigenvalue weighted by atomic mass is 10.0. The molecular weight excluding hydrogens is 380 g/mol. The van der Waals surface area contributed by atoms with Crippen LogP contribution in [0.4, 0.5) is 10.5 Å². The van der Waals surface area contributed by atoms with Crippen molar-refractivity contribution in [2.24, 2.45) is 4.99 Å². The molecule has 0 aliphatic carbocycles. The van der Waals surface area contributed by atoms with Crippen LogP contribution in [0, 0.1) is 0 Å². The molecule has 0 aromatic heterocycles. The van der Waals surface area contributed by atoms with Crippen LogP contribution in [0.25, 0.3) is 0 Å². The third kappa shape index (κ3) is 4.60. The van der Waals surface area contributed by atoms with E-state index in [2.05, 4.69) is 5.32 Å². The Bertz CT molecular complexity index is 1000. The largest absolute Gasteiger partial charge is 0.497 e. The summed E-state index contributed by atoms with van der Waals surface area (Å²) in [7, 11) is 1.62. The second-order valence-corrected chi connectivity index (χ2v) is 6.76. The molecule has 2 atom stereocenters. The van der Waals surface area contributed by atoms with Gasteiger partial charge in [-0.3, -0.25) is 5.32 Å². The van der Waals surface area contributed by atoms with E-state index in [0.717, 1.165) is 16.9 Å². The molecule has 0 saturated carbocycles. The molecule has 2 unspecified atom stereocenters. The van der Waals surface area contributed by atoms with Crippen molar-refractivity contribution in [1.82, 2.24) is 0 Å². The molecule has 1 aliphatic rings. The van der Waals surface area contributed by atoms with Crippen molar-refractivity contribution in [3.8, 4) is 5.75 Å². The number of carbonyl (C=O) groups is 1. The van der Waals surface area contributed by atoms with Crippen LogP contribution < -0.4 is 10.1 Å². The van der Waals surface area contributed by atoms with Crippen molar-refractivity contribution >= 4 is 17.7 Å². The van der Waals surface area contributed by atoms with E-state index in [1.165, 1.54) is 0 Å². The van der Waals surface area contributed by atoms with E-state index in [0.29, 0.717) is 11.6 Å². The van der Waals surface area contributed by atoms with Gasteiger partial charge >= 0.3 is 6.09 Å². The lowest BCUT2D eigenvalue weighted by molar-refractivity contribution is 0.0440. The maximum Gasteiger partial charge on any atom is 0.412 e. The van der Waals surface area contributed by atoms with Crippen molar-refractivity contribution in [2.75, 3.05) is 19.0 Å². The van der Waals surface area contributed by atoms with Gasteiger partial charge in [0.25, 0.3) is 0 Å². The Hall–Kier alpha value is -3.80. The Morgan fingerprint density at radius 3 is 2.30 bits per heavy atom. The molecule has 0 fully saturated rings. The Morgan fingerprint density at radius 1 is 0.967 bits per heavy atom. The minimum Gasteiger partial charge on any atom is -0.497 e. The zero-order chi connectivity index (χ0) is 20.8. The van der Waals surface area contributed by atoms with E-state index >= 15 is 0 Å². The number of ether oxygens (including phenoxy) is 3. The summed E-state index contributed by atoms with van der Waals surface area (Å²) in [6.45, 7) is 0.201. The molecule has 1 N–H and O–H groups in total. The SMILES string of the molecule is COc1ccc(C2=NC(c3ccccc3)C(OC(=O)Nc3ccccc3)CO2)cc1. The van der Waals surface area contributed by atoms with Gasteiger partial charge in [0.2, 0.25) is 5.90 Å². The number of methoxy groups -OCH3 is 1. The quantitative estimate of drug-likeness (QED) is 0.664. The number of aliphatic imine (C=N–C) groups is 1. The first-order chi connectivity index (χ1) is 14.7. The second-order valence-electron chi connectivity index (χ2n) is 6.76. The molecule has 1 amide bonds. The summed E-state index contributed by atoms with van der Waals surface area (Å²) in [5, 5.41) is 2.74. The van der Waals surface area contributed by atoms with Gasteiger partial charge in [-0.2, -0.15) is 0 Å². The Morgan fingerprint density at radius 2 is 1.63 bits per heavy atom. The predicted molar refractivity (Wildman–Crippen MR) is 115 cm³/mol. The normalized spacial score (nSPS) is 18.0. The van der Waals surface area contributed by atoms with Crippen molar-refractivity contribution in [1.29, 1.82) is 0 Å². The fourth-order valence-corrected chi connectivity index (χ4v) is 3.23. The highest BCUT2D eigenvalue weighted by atomic mass is 16.6. The Labute approximate surface area is 175 Å². The number of nitrogens with zero attached hydrogens (tertiary/aromatic N) is 1.